The fourth-order valence-corrected chi connectivity index (χ4v) is 4.81. The number of carbonyl (C=O) groups is 1. The molecule has 2 aromatic rings. The Kier molecular flexibility index (Phi) is 12.8. The zero-order valence-corrected chi connectivity index (χ0v) is 26.1. The molecule has 2 amide bonds. The van der Waals surface area contributed by atoms with E-state index in [4.69, 9.17) is 21.3 Å². The number of nitrogens with two attached hydrogens (primary N) is 1. The number of likely N-dealkylation sites (tertiary alicyclic amines) is 1. The third kappa shape index (κ3) is 9.73. The molecular formula is C31H46ClN7O3. The first-order valence-electron chi connectivity index (χ1n) is 14.2. The number of nitrogens with one attached hydrogen (secondary N) is 3. The van der Waals surface area contributed by atoms with Crippen LogP contribution in [-0.2, 0) is 0 Å². The van der Waals surface area contributed by atoms with E-state index in [0.717, 1.165) is 23.5 Å². The van der Waals surface area contributed by atoms with Crippen molar-refractivity contribution >= 4 is 30.6 Å². The molecule has 2 aliphatic rings. The van der Waals surface area contributed by atoms with Crippen LogP contribution in [0.2, 0.25) is 0 Å². The third-order valence-electron chi connectivity index (χ3n) is 7.26. The van der Waals surface area contributed by atoms with Gasteiger partial charge in [-0.25, -0.2) is 4.79 Å². The summed E-state index contributed by atoms with van der Waals surface area (Å²) in [6, 6.07) is 10.9. The van der Waals surface area contributed by atoms with E-state index in [1.54, 1.807) is 18.3 Å². The summed E-state index contributed by atoms with van der Waals surface area (Å²) in [6.45, 7) is 12.7. The first-order valence-corrected chi connectivity index (χ1v) is 14.2. The van der Waals surface area contributed by atoms with Gasteiger partial charge in [-0.2, -0.15) is 4.99 Å². The number of aliphatic hydroxyl groups excluding tert-OH is 1. The van der Waals surface area contributed by atoms with Gasteiger partial charge in [0, 0.05) is 17.5 Å². The summed E-state index contributed by atoms with van der Waals surface area (Å²) < 4.78 is 7.53. The van der Waals surface area contributed by atoms with Gasteiger partial charge in [-0.15, -0.1) is 12.4 Å². The van der Waals surface area contributed by atoms with Crippen molar-refractivity contribution in [3.8, 4) is 5.75 Å². The smallest absolute Gasteiger partial charge is 0.343 e. The van der Waals surface area contributed by atoms with Crippen LogP contribution in [0.3, 0.4) is 0 Å². The molecule has 0 bridgehead atoms. The number of hydrogen-bond acceptors (Lipinski definition) is 6. The first kappa shape index (κ1) is 34.6. The number of aliphatic hydroxyl groups is 1. The predicted octanol–water partition coefficient (Wildman–Crippen LogP) is 5.84. The number of allylic oxidation sites excluding steroid dienone is 1. The van der Waals surface area contributed by atoms with E-state index in [1.807, 2.05) is 45.0 Å². The van der Waals surface area contributed by atoms with E-state index in [9.17, 15) is 9.90 Å². The number of amidine groups is 1. The van der Waals surface area contributed by atoms with Crippen LogP contribution in [0.5, 0.6) is 5.75 Å². The summed E-state index contributed by atoms with van der Waals surface area (Å²) in [5.74, 6) is 0.532. The molecule has 1 aliphatic heterocycles. The molecule has 2 heterocycles. The van der Waals surface area contributed by atoms with Gasteiger partial charge in [0.1, 0.15) is 28.9 Å². The van der Waals surface area contributed by atoms with Crippen molar-refractivity contribution < 1.29 is 14.6 Å². The molecule has 1 saturated heterocycles. The number of pyridine rings is 1. The normalized spacial score (nSPS) is 19.2. The van der Waals surface area contributed by atoms with Crippen molar-refractivity contribution in [2.45, 2.75) is 78.5 Å². The second kappa shape index (κ2) is 15.6. The zero-order valence-electron chi connectivity index (χ0n) is 25.3. The van der Waals surface area contributed by atoms with Crippen LogP contribution in [0.25, 0.3) is 0 Å². The average Bonchev–Trinajstić information content (AvgIpc) is 3.46. The van der Waals surface area contributed by atoms with Gasteiger partial charge >= 0.3 is 6.03 Å². The van der Waals surface area contributed by atoms with Gasteiger partial charge < -0.3 is 25.8 Å². The maximum Gasteiger partial charge on any atom is 0.343 e. The number of carbonyl (C=O) groups excluding carboxylic acids is 1. The van der Waals surface area contributed by atoms with Crippen LogP contribution in [0.15, 0.2) is 59.4 Å². The number of amides is 2. The maximum atomic E-state index is 12.5. The molecule has 6 N–H and O–H groups in total. The highest BCUT2D eigenvalue weighted by Crippen LogP contribution is 2.38. The molecule has 1 aliphatic carbocycles. The maximum absolute atomic E-state index is 12.5. The Morgan fingerprint density at radius 2 is 1.79 bits per heavy atom. The van der Waals surface area contributed by atoms with Gasteiger partial charge in [0.15, 0.2) is 0 Å². The van der Waals surface area contributed by atoms with Crippen LogP contribution < -0.4 is 21.3 Å². The van der Waals surface area contributed by atoms with Crippen molar-refractivity contribution in [2.75, 3.05) is 13.1 Å². The minimum absolute atomic E-state index is 0. The Morgan fingerprint density at radius 1 is 1.14 bits per heavy atom. The summed E-state index contributed by atoms with van der Waals surface area (Å²) in [7, 11) is 0. The standard InChI is InChI=1S/C24H30N6O3.C7H15N.ClH/c1-24(2,3)20(31)12-21(26)29-23(32)28-18-9-10-19(17-7-5-4-6-16(17)18)33-15-8-11-22(27)30(13-15)14-25;1-7(2)8-5-3-4-6-8;/h4-8,11-14,18-19,25,27,31H,9-10H2,1-3H3,(H3,26,28,29,32);7H,3-6H2,1-2H3;1H/b20-12-,25-14?,27-22?;;. The SMILES string of the molecule is CC(C)(C)/C(O)=C/C(N)=N\C(=O)NC1CCC(Oc2ccc(=N)n(C=N)c2)c2ccccc21.CC(C)N1CCCC1.Cl. The fraction of sp³-hybridized carbons (Fsp3) is 0.484. The van der Waals surface area contributed by atoms with Gasteiger partial charge in [0.2, 0.25) is 0 Å². The number of hydrogen-bond donors (Lipinski definition) is 5. The largest absolute Gasteiger partial charge is 0.512 e. The van der Waals surface area contributed by atoms with E-state index in [0.29, 0.717) is 18.6 Å². The van der Waals surface area contributed by atoms with Crippen LogP contribution in [0.4, 0.5) is 4.79 Å². The first-order chi connectivity index (χ1) is 19.4. The molecule has 2 unspecified atom stereocenters. The highest BCUT2D eigenvalue weighted by molar-refractivity contribution is 5.99. The lowest BCUT2D eigenvalue weighted by molar-refractivity contribution is 0.171. The summed E-state index contributed by atoms with van der Waals surface area (Å²) >= 11 is 0. The summed E-state index contributed by atoms with van der Waals surface area (Å²) in [4.78, 5) is 18.8. The molecule has 42 heavy (non-hydrogen) atoms. The minimum atomic E-state index is -0.581. The second-order valence-electron chi connectivity index (χ2n) is 11.8. The molecule has 230 valence electrons. The van der Waals surface area contributed by atoms with Crippen molar-refractivity contribution in [3.63, 3.8) is 0 Å². The zero-order chi connectivity index (χ0) is 30.2. The van der Waals surface area contributed by atoms with Crippen LogP contribution in [0, 0.1) is 16.2 Å². The molecule has 4 rings (SSSR count). The number of rotatable bonds is 6. The van der Waals surface area contributed by atoms with E-state index in [-0.39, 0.29) is 41.6 Å². The van der Waals surface area contributed by atoms with Crippen molar-refractivity contribution in [1.82, 2.24) is 14.8 Å². The number of halogens is 1. The van der Waals surface area contributed by atoms with E-state index in [2.05, 4.69) is 29.1 Å². The quantitative estimate of drug-likeness (QED) is 0.160. The topological polar surface area (TPSA) is 153 Å². The molecule has 10 nitrogen and oxygen atoms in total. The lowest BCUT2D eigenvalue weighted by atomic mass is 9.85. The highest BCUT2D eigenvalue weighted by Gasteiger charge is 2.29. The average molecular weight is 600 g/mol. The Balaban J connectivity index is 0.000000591. The Morgan fingerprint density at radius 3 is 2.36 bits per heavy atom. The Labute approximate surface area is 255 Å². The second-order valence-corrected chi connectivity index (χ2v) is 11.8. The van der Waals surface area contributed by atoms with Crippen LogP contribution in [-0.4, -0.2) is 51.9 Å². The minimum Gasteiger partial charge on any atom is -0.512 e. The number of aliphatic imine (C=N–C) groups is 1. The summed E-state index contributed by atoms with van der Waals surface area (Å²) in [6.07, 6.45) is 7.83. The van der Waals surface area contributed by atoms with Crippen molar-refractivity contribution in [1.29, 1.82) is 10.8 Å². The predicted molar refractivity (Wildman–Crippen MR) is 170 cm³/mol. The lowest BCUT2D eigenvalue weighted by Crippen LogP contribution is -2.32. The molecule has 0 spiro atoms. The summed E-state index contributed by atoms with van der Waals surface area (Å²) in [5, 5.41) is 28.1. The monoisotopic (exact) mass is 599 g/mol. The molecule has 0 saturated carbocycles. The molecule has 2 atom stereocenters. The number of benzene rings is 1. The van der Waals surface area contributed by atoms with Gasteiger partial charge in [-0.3, -0.25) is 15.4 Å². The molecule has 0 radical (unpaired) electrons. The number of urea groups is 1. The molecule has 1 fully saturated rings. The summed E-state index contributed by atoms with van der Waals surface area (Å²) in [5.41, 5.74) is 7.40. The van der Waals surface area contributed by atoms with Crippen LogP contribution >= 0.6 is 12.4 Å². The van der Waals surface area contributed by atoms with E-state index < -0.39 is 11.4 Å². The van der Waals surface area contributed by atoms with Gasteiger partial charge in [0.05, 0.1) is 18.6 Å². The lowest BCUT2D eigenvalue weighted by Gasteiger charge is -2.32. The molecule has 1 aromatic heterocycles. The van der Waals surface area contributed by atoms with E-state index in [1.165, 1.54) is 36.6 Å². The van der Waals surface area contributed by atoms with Gasteiger partial charge in [0.25, 0.3) is 0 Å². The van der Waals surface area contributed by atoms with Crippen LogP contribution in [0.1, 0.15) is 83.6 Å². The van der Waals surface area contributed by atoms with E-state index >= 15 is 0 Å². The van der Waals surface area contributed by atoms with Crippen molar-refractivity contribution in [2.24, 2.45) is 16.1 Å². The van der Waals surface area contributed by atoms with Gasteiger partial charge in [-0.05, 0) is 75.9 Å². The Bertz CT molecular complexity index is 1320. The highest BCUT2D eigenvalue weighted by atomic mass is 35.5. The molecule has 1 aromatic carbocycles. The number of aromatic nitrogens is 1. The third-order valence-corrected chi connectivity index (χ3v) is 7.26. The van der Waals surface area contributed by atoms with Crippen molar-refractivity contribution in [3.05, 3.63) is 71.0 Å². The fourth-order valence-electron chi connectivity index (χ4n) is 4.81. The Hall–Kier alpha value is -3.63. The number of nitrogens with zero attached hydrogens (tertiary/aromatic N) is 3. The number of ether oxygens (including phenoxy) is 1. The van der Waals surface area contributed by atoms with Gasteiger partial charge in [-0.1, -0.05) is 45.0 Å². The molecule has 11 heteroatoms. The number of fused-ring (bicyclic) bond motifs is 1. The molecular weight excluding hydrogens is 554 g/mol.